The first-order valence-corrected chi connectivity index (χ1v) is 9.40. The molecular weight excluding hydrogens is 364 g/mol. The van der Waals surface area contributed by atoms with Crippen LogP contribution in [0.3, 0.4) is 0 Å². The number of methoxy groups -OCH3 is 1. The van der Waals surface area contributed by atoms with Crippen LogP contribution < -0.4 is 10.1 Å². The minimum atomic E-state index is 0.0336. The van der Waals surface area contributed by atoms with Gasteiger partial charge in [0, 0.05) is 24.4 Å². The number of rotatable bonds is 17. The Hall–Kier alpha value is -2.32. The third-order valence-corrected chi connectivity index (χ3v) is 3.74. The van der Waals surface area contributed by atoms with E-state index in [1.165, 1.54) is 5.56 Å². The molecule has 9 heteroatoms. The van der Waals surface area contributed by atoms with Crippen LogP contribution in [0.2, 0.25) is 0 Å². The van der Waals surface area contributed by atoms with Crippen LogP contribution >= 0.6 is 0 Å². The number of carbonyl (C=O) groups is 1. The number of hydrogen-bond acceptors (Lipinski definition) is 6. The summed E-state index contributed by atoms with van der Waals surface area (Å²) in [7, 11) is 1.64. The minimum Gasteiger partial charge on any atom is -0.497 e. The fourth-order valence-electron chi connectivity index (χ4n) is 2.29. The zero-order chi connectivity index (χ0) is 20.3. The maximum absolute atomic E-state index is 11.8. The van der Waals surface area contributed by atoms with E-state index in [-0.39, 0.29) is 5.91 Å². The second kappa shape index (κ2) is 16.8. The molecule has 0 saturated heterocycles. The number of nitrogens with one attached hydrogen (secondary N) is 1. The maximum Gasteiger partial charge on any atom is 0.220 e. The Balaban J connectivity index is 1.86. The van der Waals surface area contributed by atoms with Gasteiger partial charge in [0.1, 0.15) is 5.75 Å². The Morgan fingerprint density at radius 3 is 2.32 bits per heavy atom. The van der Waals surface area contributed by atoms with Crippen LogP contribution in [0, 0.1) is 0 Å². The van der Waals surface area contributed by atoms with Crippen LogP contribution in [-0.4, -0.2) is 65.7 Å². The highest BCUT2D eigenvalue weighted by atomic mass is 16.5. The molecule has 0 radical (unpaired) electrons. The van der Waals surface area contributed by atoms with Crippen LogP contribution in [-0.2, 0) is 25.4 Å². The number of benzene rings is 1. The van der Waals surface area contributed by atoms with Crippen LogP contribution in [0.25, 0.3) is 10.4 Å². The van der Waals surface area contributed by atoms with E-state index >= 15 is 0 Å². The van der Waals surface area contributed by atoms with Gasteiger partial charge in [0.05, 0.1) is 46.8 Å². The molecule has 0 bridgehead atoms. The molecule has 1 N–H and O–H groups in total. The predicted octanol–water partition coefficient (Wildman–Crippen LogP) is 2.49. The predicted molar refractivity (Wildman–Crippen MR) is 105 cm³/mol. The molecule has 1 amide bonds. The van der Waals surface area contributed by atoms with E-state index in [4.69, 9.17) is 24.5 Å². The number of aryl methyl sites for hydroxylation is 1. The maximum atomic E-state index is 11.8. The van der Waals surface area contributed by atoms with Crippen molar-refractivity contribution in [3.63, 3.8) is 0 Å². The largest absolute Gasteiger partial charge is 0.497 e. The van der Waals surface area contributed by atoms with E-state index in [9.17, 15) is 4.79 Å². The average Bonchev–Trinajstić information content (AvgIpc) is 2.72. The number of carbonyl (C=O) groups excluding carboxylic acids is 1. The fourth-order valence-corrected chi connectivity index (χ4v) is 2.29. The molecule has 0 aromatic heterocycles. The monoisotopic (exact) mass is 394 g/mol. The molecule has 0 aliphatic rings. The van der Waals surface area contributed by atoms with Crippen LogP contribution in [0.1, 0.15) is 18.4 Å². The Bertz CT molecular complexity index is 576. The smallest absolute Gasteiger partial charge is 0.220 e. The molecule has 0 atom stereocenters. The minimum absolute atomic E-state index is 0.0336. The van der Waals surface area contributed by atoms with Gasteiger partial charge in [-0.15, -0.1) is 0 Å². The van der Waals surface area contributed by atoms with E-state index in [2.05, 4.69) is 15.3 Å². The van der Waals surface area contributed by atoms with Crippen molar-refractivity contribution in [3.8, 4) is 5.75 Å². The van der Waals surface area contributed by atoms with Crippen LogP contribution in [0.4, 0.5) is 0 Å². The summed E-state index contributed by atoms with van der Waals surface area (Å²) < 4.78 is 21.0. The topological polar surface area (TPSA) is 115 Å². The van der Waals surface area contributed by atoms with Gasteiger partial charge in [-0.05, 0) is 36.1 Å². The zero-order valence-electron chi connectivity index (χ0n) is 16.5. The molecule has 9 nitrogen and oxygen atoms in total. The average molecular weight is 394 g/mol. The van der Waals surface area contributed by atoms with Gasteiger partial charge in [-0.1, -0.05) is 17.2 Å². The number of azide groups is 1. The molecule has 156 valence electrons. The molecule has 0 heterocycles. The van der Waals surface area contributed by atoms with Gasteiger partial charge in [0.15, 0.2) is 0 Å². The first-order chi connectivity index (χ1) is 13.8. The highest BCUT2D eigenvalue weighted by Gasteiger charge is 2.02. The van der Waals surface area contributed by atoms with Crippen molar-refractivity contribution in [1.29, 1.82) is 0 Å². The molecule has 0 spiro atoms. The number of amides is 1. The van der Waals surface area contributed by atoms with E-state index in [1.54, 1.807) is 7.11 Å². The molecule has 0 unspecified atom stereocenters. The van der Waals surface area contributed by atoms with Crippen molar-refractivity contribution in [2.75, 3.05) is 59.8 Å². The summed E-state index contributed by atoms with van der Waals surface area (Å²) in [5.41, 5.74) is 9.28. The normalized spacial score (nSPS) is 10.3. The highest BCUT2D eigenvalue weighted by molar-refractivity contribution is 5.75. The van der Waals surface area contributed by atoms with Gasteiger partial charge in [-0.3, -0.25) is 4.79 Å². The molecule has 0 saturated carbocycles. The third kappa shape index (κ3) is 12.9. The van der Waals surface area contributed by atoms with Crippen molar-refractivity contribution in [1.82, 2.24) is 5.32 Å². The molecule has 28 heavy (non-hydrogen) atoms. The SMILES string of the molecule is COc1ccc(CCCC(=O)NCCOCCOCCOCCN=[N+]=[N-])cc1. The van der Waals surface area contributed by atoms with Crippen molar-refractivity contribution in [2.45, 2.75) is 19.3 Å². The molecule has 1 aromatic rings. The van der Waals surface area contributed by atoms with Gasteiger partial charge in [0.2, 0.25) is 5.91 Å². The van der Waals surface area contributed by atoms with E-state index < -0.39 is 0 Å². The van der Waals surface area contributed by atoms with Gasteiger partial charge in [-0.25, -0.2) is 0 Å². The second-order valence-corrected chi connectivity index (χ2v) is 5.84. The standard InChI is InChI=1S/C19H30N4O5/c1-25-18-7-5-17(6-8-18)3-2-4-19(24)21-9-11-26-13-15-28-16-14-27-12-10-22-23-20/h5-8H,2-4,9-16H2,1H3,(H,21,24). The number of ether oxygens (including phenoxy) is 4. The first-order valence-electron chi connectivity index (χ1n) is 9.40. The Labute approximate surface area is 165 Å². The lowest BCUT2D eigenvalue weighted by Gasteiger charge is -2.08. The zero-order valence-corrected chi connectivity index (χ0v) is 16.5. The quantitative estimate of drug-likeness (QED) is 0.189. The van der Waals surface area contributed by atoms with Gasteiger partial charge < -0.3 is 24.3 Å². The third-order valence-electron chi connectivity index (χ3n) is 3.74. The summed E-state index contributed by atoms with van der Waals surface area (Å²) in [6.45, 7) is 3.51. The number of nitrogens with zero attached hydrogens (tertiary/aromatic N) is 3. The Kier molecular flexibility index (Phi) is 14.3. The van der Waals surface area contributed by atoms with Crippen molar-refractivity contribution < 1.29 is 23.7 Å². The summed E-state index contributed by atoms with van der Waals surface area (Å²) in [6.07, 6.45) is 2.16. The summed E-state index contributed by atoms with van der Waals surface area (Å²) >= 11 is 0. The van der Waals surface area contributed by atoms with E-state index in [0.717, 1.165) is 18.6 Å². The molecular formula is C19H30N4O5. The first kappa shape index (κ1) is 23.7. The van der Waals surface area contributed by atoms with Crippen LogP contribution in [0.15, 0.2) is 29.4 Å². The molecule has 0 fully saturated rings. The van der Waals surface area contributed by atoms with Gasteiger partial charge in [-0.2, -0.15) is 0 Å². The van der Waals surface area contributed by atoms with Gasteiger partial charge >= 0.3 is 0 Å². The summed E-state index contributed by atoms with van der Waals surface area (Å²) in [5, 5.41) is 6.20. The Morgan fingerprint density at radius 2 is 1.68 bits per heavy atom. The Morgan fingerprint density at radius 1 is 1.04 bits per heavy atom. The molecule has 0 aliphatic carbocycles. The van der Waals surface area contributed by atoms with Crippen LogP contribution in [0.5, 0.6) is 5.75 Å². The fraction of sp³-hybridized carbons (Fsp3) is 0.632. The molecule has 0 aliphatic heterocycles. The van der Waals surface area contributed by atoms with Crippen molar-refractivity contribution in [2.24, 2.45) is 5.11 Å². The lowest BCUT2D eigenvalue weighted by Crippen LogP contribution is -2.27. The van der Waals surface area contributed by atoms with E-state index in [0.29, 0.717) is 59.2 Å². The van der Waals surface area contributed by atoms with Crippen molar-refractivity contribution >= 4 is 5.91 Å². The highest BCUT2D eigenvalue weighted by Crippen LogP contribution is 2.13. The lowest BCUT2D eigenvalue weighted by atomic mass is 10.1. The van der Waals surface area contributed by atoms with Gasteiger partial charge in [0.25, 0.3) is 0 Å². The summed E-state index contributed by atoms with van der Waals surface area (Å²) in [6, 6.07) is 7.88. The second-order valence-electron chi connectivity index (χ2n) is 5.84. The molecule has 1 rings (SSSR count). The molecule has 1 aromatic carbocycles. The van der Waals surface area contributed by atoms with E-state index in [1.807, 2.05) is 24.3 Å². The summed E-state index contributed by atoms with van der Waals surface area (Å²) in [5.74, 6) is 0.869. The lowest BCUT2D eigenvalue weighted by molar-refractivity contribution is -0.121. The van der Waals surface area contributed by atoms with Crippen molar-refractivity contribution in [3.05, 3.63) is 40.3 Å². The summed E-state index contributed by atoms with van der Waals surface area (Å²) in [4.78, 5) is 14.4. The number of hydrogen-bond donors (Lipinski definition) is 1.